The lowest BCUT2D eigenvalue weighted by atomic mass is 9.75. The molecule has 1 heterocycles. The molecule has 1 aliphatic heterocycles. The van der Waals surface area contributed by atoms with Crippen molar-refractivity contribution in [1.29, 1.82) is 0 Å². The summed E-state index contributed by atoms with van der Waals surface area (Å²) < 4.78 is 33.9. The Bertz CT molecular complexity index is 787. The van der Waals surface area contributed by atoms with Gasteiger partial charge in [-0.2, -0.15) is 0 Å². The van der Waals surface area contributed by atoms with Crippen molar-refractivity contribution < 1.29 is 32.9 Å². The lowest BCUT2D eigenvalue weighted by molar-refractivity contribution is -0.148. The molecule has 0 saturated carbocycles. The van der Waals surface area contributed by atoms with Crippen LogP contribution in [-0.4, -0.2) is 58.3 Å². The van der Waals surface area contributed by atoms with Gasteiger partial charge in [0.25, 0.3) is 0 Å². The standard InChI is InChI=1S/C21H26FNO6/c1-13-17(20(24)28-11-9-26-3)19(15-5-7-16(22)8-6-15)18(14(2)23-13)21(25)29-12-10-27-4/h5-8,17,19H,9-12H2,1-4H3/t17?,19-/m0/s1. The van der Waals surface area contributed by atoms with Gasteiger partial charge in [-0.3, -0.25) is 9.79 Å². The number of carbonyl (C=O) groups is 2. The molecule has 1 aromatic carbocycles. The fourth-order valence-electron chi connectivity index (χ4n) is 3.25. The first-order valence-corrected chi connectivity index (χ1v) is 9.23. The Morgan fingerprint density at radius 2 is 1.55 bits per heavy atom. The molecule has 1 unspecified atom stereocenters. The van der Waals surface area contributed by atoms with E-state index >= 15 is 0 Å². The topological polar surface area (TPSA) is 83.4 Å². The molecular weight excluding hydrogens is 381 g/mol. The van der Waals surface area contributed by atoms with Crippen LogP contribution in [0.4, 0.5) is 4.39 Å². The molecule has 0 amide bonds. The van der Waals surface area contributed by atoms with Gasteiger partial charge in [0.2, 0.25) is 0 Å². The van der Waals surface area contributed by atoms with Gasteiger partial charge in [-0.15, -0.1) is 0 Å². The van der Waals surface area contributed by atoms with E-state index in [0.717, 1.165) is 0 Å². The van der Waals surface area contributed by atoms with Gasteiger partial charge in [-0.05, 0) is 31.5 Å². The van der Waals surface area contributed by atoms with E-state index in [0.29, 0.717) is 17.0 Å². The number of benzene rings is 1. The average molecular weight is 407 g/mol. The van der Waals surface area contributed by atoms with Crippen molar-refractivity contribution in [3.63, 3.8) is 0 Å². The van der Waals surface area contributed by atoms with E-state index in [4.69, 9.17) is 18.9 Å². The minimum atomic E-state index is -0.842. The maximum absolute atomic E-state index is 13.5. The number of esters is 2. The number of rotatable bonds is 9. The predicted molar refractivity (Wildman–Crippen MR) is 104 cm³/mol. The highest BCUT2D eigenvalue weighted by molar-refractivity contribution is 6.07. The molecule has 2 rings (SSSR count). The van der Waals surface area contributed by atoms with Crippen LogP contribution in [0.25, 0.3) is 0 Å². The summed E-state index contributed by atoms with van der Waals surface area (Å²) in [5.41, 5.74) is 1.78. The third-order valence-electron chi connectivity index (χ3n) is 4.58. The van der Waals surface area contributed by atoms with Crippen molar-refractivity contribution in [2.45, 2.75) is 19.8 Å². The predicted octanol–water partition coefficient (Wildman–Crippen LogP) is 2.65. The Labute approximate surface area is 169 Å². The molecule has 2 atom stereocenters. The number of allylic oxidation sites excluding steroid dienone is 1. The minimum absolute atomic E-state index is 0.0634. The molecule has 0 N–H and O–H groups in total. The van der Waals surface area contributed by atoms with E-state index in [-0.39, 0.29) is 32.0 Å². The van der Waals surface area contributed by atoms with Crippen LogP contribution in [0, 0.1) is 11.7 Å². The van der Waals surface area contributed by atoms with Gasteiger partial charge in [0.15, 0.2) is 0 Å². The molecule has 158 valence electrons. The molecule has 0 aromatic heterocycles. The van der Waals surface area contributed by atoms with Gasteiger partial charge in [0.05, 0.1) is 18.8 Å². The zero-order valence-electron chi connectivity index (χ0n) is 17.1. The first kappa shape index (κ1) is 22.7. The highest BCUT2D eigenvalue weighted by Crippen LogP contribution is 2.40. The highest BCUT2D eigenvalue weighted by atomic mass is 19.1. The van der Waals surface area contributed by atoms with Crippen LogP contribution >= 0.6 is 0 Å². The smallest absolute Gasteiger partial charge is 0.336 e. The summed E-state index contributed by atoms with van der Waals surface area (Å²) in [5.74, 6) is -3.10. The van der Waals surface area contributed by atoms with Crippen LogP contribution in [0.5, 0.6) is 0 Å². The monoisotopic (exact) mass is 407 g/mol. The largest absolute Gasteiger partial charge is 0.463 e. The number of hydrogen-bond acceptors (Lipinski definition) is 7. The Balaban J connectivity index is 2.44. The normalized spacial score (nSPS) is 19.0. The van der Waals surface area contributed by atoms with Crippen molar-refractivity contribution >= 4 is 17.7 Å². The van der Waals surface area contributed by atoms with E-state index in [1.54, 1.807) is 26.0 Å². The Morgan fingerprint density at radius 1 is 0.966 bits per heavy atom. The third kappa shape index (κ3) is 5.71. The Hall–Kier alpha value is -2.58. The number of aliphatic imine (C=N–C) groups is 1. The SMILES string of the molecule is COCCOC(=O)C1=C(C)N=C(C)C(C(=O)OCCOC)[C@@H]1c1ccc(F)cc1. The zero-order chi connectivity index (χ0) is 21.4. The quantitative estimate of drug-likeness (QED) is 0.462. The molecule has 0 spiro atoms. The van der Waals surface area contributed by atoms with Crippen molar-refractivity contribution in [3.05, 3.63) is 46.9 Å². The van der Waals surface area contributed by atoms with E-state index in [1.807, 2.05) is 0 Å². The van der Waals surface area contributed by atoms with Crippen molar-refractivity contribution in [2.24, 2.45) is 10.9 Å². The number of ether oxygens (including phenoxy) is 4. The molecule has 1 aromatic rings. The van der Waals surface area contributed by atoms with Gasteiger partial charge >= 0.3 is 11.9 Å². The van der Waals surface area contributed by atoms with Crippen LogP contribution in [0.3, 0.4) is 0 Å². The second-order valence-corrected chi connectivity index (χ2v) is 6.55. The van der Waals surface area contributed by atoms with Crippen LogP contribution in [-0.2, 0) is 28.5 Å². The van der Waals surface area contributed by atoms with Crippen LogP contribution < -0.4 is 0 Å². The first-order valence-electron chi connectivity index (χ1n) is 9.23. The van der Waals surface area contributed by atoms with Crippen molar-refractivity contribution in [1.82, 2.24) is 0 Å². The second-order valence-electron chi connectivity index (χ2n) is 6.55. The summed E-state index contributed by atoms with van der Waals surface area (Å²) in [7, 11) is 3.00. The summed E-state index contributed by atoms with van der Waals surface area (Å²) in [6.45, 7) is 4.01. The van der Waals surface area contributed by atoms with Gasteiger partial charge in [0.1, 0.15) is 24.9 Å². The summed E-state index contributed by atoms with van der Waals surface area (Å²) in [4.78, 5) is 30.1. The van der Waals surface area contributed by atoms with Crippen LogP contribution in [0.1, 0.15) is 25.3 Å². The molecule has 1 aliphatic rings. The summed E-state index contributed by atoms with van der Waals surface area (Å²) in [5, 5.41) is 0. The first-order chi connectivity index (χ1) is 13.9. The number of methoxy groups -OCH3 is 2. The van der Waals surface area contributed by atoms with E-state index in [1.165, 1.54) is 26.4 Å². The number of nitrogens with zero attached hydrogens (tertiary/aromatic N) is 1. The molecule has 0 saturated heterocycles. The van der Waals surface area contributed by atoms with Gasteiger partial charge in [-0.1, -0.05) is 12.1 Å². The molecular formula is C21H26FNO6. The number of halogens is 1. The fraction of sp³-hybridized carbons (Fsp3) is 0.476. The van der Waals surface area contributed by atoms with E-state index < -0.39 is 29.6 Å². The van der Waals surface area contributed by atoms with E-state index in [2.05, 4.69) is 4.99 Å². The molecule has 8 heteroatoms. The molecule has 0 bridgehead atoms. The highest BCUT2D eigenvalue weighted by Gasteiger charge is 2.42. The van der Waals surface area contributed by atoms with Crippen molar-refractivity contribution in [3.8, 4) is 0 Å². The fourth-order valence-corrected chi connectivity index (χ4v) is 3.25. The van der Waals surface area contributed by atoms with Crippen LogP contribution in [0.15, 0.2) is 40.5 Å². The number of carbonyl (C=O) groups excluding carboxylic acids is 2. The average Bonchev–Trinajstić information content (AvgIpc) is 2.68. The maximum atomic E-state index is 13.5. The second kappa shape index (κ2) is 10.8. The summed E-state index contributed by atoms with van der Waals surface area (Å²) >= 11 is 0. The molecule has 0 fully saturated rings. The zero-order valence-corrected chi connectivity index (χ0v) is 17.1. The molecule has 29 heavy (non-hydrogen) atoms. The summed E-state index contributed by atoms with van der Waals surface area (Å²) in [6.07, 6.45) is 0. The lowest BCUT2D eigenvalue weighted by Gasteiger charge is -2.31. The minimum Gasteiger partial charge on any atom is -0.463 e. The van der Waals surface area contributed by atoms with Gasteiger partial charge in [0, 0.05) is 31.5 Å². The third-order valence-corrected chi connectivity index (χ3v) is 4.58. The van der Waals surface area contributed by atoms with Crippen molar-refractivity contribution in [2.75, 3.05) is 40.6 Å². The molecule has 0 aliphatic carbocycles. The van der Waals surface area contributed by atoms with Crippen LogP contribution in [0.2, 0.25) is 0 Å². The van der Waals surface area contributed by atoms with E-state index in [9.17, 15) is 14.0 Å². The lowest BCUT2D eigenvalue weighted by Crippen LogP contribution is -2.37. The Morgan fingerprint density at radius 3 is 2.14 bits per heavy atom. The molecule has 7 nitrogen and oxygen atoms in total. The molecule has 0 radical (unpaired) electrons. The summed E-state index contributed by atoms with van der Waals surface area (Å²) in [6, 6.07) is 5.66. The van der Waals surface area contributed by atoms with Gasteiger partial charge < -0.3 is 18.9 Å². The Kier molecular flexibility index (Phi) is 8.48. The van der Waals surface area contributed by atoms with Gasteiger partial charge in [-0.25, -0.2) is 9.18 Å². The number of hydrogen-bond donors (Lipinski definition) is 0. The maximum Gasteiger partial charge on any atom is 0.336 e.